The zero-order valence-electron chi connectivity index (χ0n) is 16.4. The molecule has 1 fully saturated rings. The number of hydrogen-bond donors (Lipinski definition) is 8. The first-order valence-corrected chi connectivity index (χ1v) is 9.63. The second kappa shape index (κ2) is 8.37. The summed E-state index contributed by atoms with van der Waals surface area (Å²) in [6.45, 7) is -0.654. The lowest BCUT2D eigenvalue weighted by Gasteiger charge is -2.41. The van der Waals surface area contributed by atoms with E-state index in [4.69, 9.17) is 14.2 Å². The van der Waals surface area contributed by atoms with Crippen LogP contribution in [0.4, 0.5) is 0 Å². The molecule has 2 aromatic carbocycles. The highest BCUT2D eigenvalue weighted by molar-refractivity contribution is 5.69. The molecule has 2 heterocycles. The Labute approximate surface area is 181 Å². The Balaban J connectivity index is 1.74. The predicted octanol–water partition coefficient (Wildman–Crippen LogP) is -0.200. The fourth-order valence-corrected chi connectivity index (χ4v) is 3.57. The average Bonchev–Trinajstić information content (AvgIpc) is 2.76. The van der Waals surface area contributed by atoms with Crippen LogP contribution >= 0.6 is 0 Å². The van der Waals surface area contributed by atoms with Crippen molar-refractivity contribution < 1.29 is 55.1 Å². The Morgan fingerprint density at radius 1 is 0.844 bits per heavy atom. The SMILES string of the molecule is OC[C@@H]1O[C@@H](OC2=Cc3c(O)cc(O)cc3OC2c2ccc(O)c(O)c2)[C@H](O)[C@@H](O)[C@@H]1O. The van der Waals surface area contributed by atoms with Crippen molar-refractivity contribution in [1.82, 2.24) is 0 Å². The van der Waals surface area contributed by atoms with Gasteiger partial charge in [0.1, 0.15) is 47.4 Å². The fourth-order valence-electron chi connectivity index (χ4n) is 3.57. The normalized spacial score (nSPS) is 29.6. The van der Waals surface area contributed by atoms with E-state index in [0.29, 0.717) is 5.56 Å². The number of aliphatic hydroxyl groups excluding tert-OH is 4. The van der Waals surface area contributed by atoms with Crippen LogP contribution in [0.25, 0.3) is 6.08 Å². The smallest absolute Gasteiger partial charge is 0.228 e. The molecule has 0 spiro atoms. The van der Waals surface area contributed by atoms with Gasteiger partial charge in [-0.05, 0) is 18.2 Å². The molecule has 32 heavy (non-hydrogen) atoms. The lowest BCUT2D eigenvalue weighted by atomic mass is 9.98. The summed E-state index contributed by atoms with van der Waals surface area (Å²) in [6.07, 6.45) is -7.44. The van der Waals surface area contributed by atoms with Crippen LogP contribution in [-0.2, 0) is 9.47 Å². The molecule has 2 aromatic rings. The number of phenols is 4. The van der Waals surface area contributed by atoms with Crippen molar-refractivity contribution in [2.24, 2.45) is 0 Å². The molecule has 0 saturated carbocycles. The van der Waals surface area contributed by atoms with Crippen LogP contribution in [0.15, 0.2) is 36.1 Å². The van der Waals surface area contributed by atoms with Crippen molar-refractivity contribution in [2.45, 2.75) is 36.8 Å². The van der Waals surface area contributed by atoms with E-state index >= 15 is 0 Å². The number of aromatic hydroxyl groups is 4. The van der Waals surface area contributed by atoms with Crippen molar-refractivity contribution in [2.75, 3.05) is 6.61 Å². The highest BCUT2D eigenvalue weighted by atomic mass is 16.7. The van der Waals surface area contributed by atoms with E-state index in [2.05, 4.69) is 0 Å². The molecule has 1 unspecified atom stereocenters. The summed E-state index contributed by atoms with van der Waals surface area (Å²) in [4.78, 5) is 0. The zero-order chi connectivity index (χ0) is 23.2. The van der Waals surface area contributed by atoms with Gasteiger partial charge < -0.3 is 55.1 Å². The molecule has 1 saturated heterocycles. The van der Waals surface area contributed by atoms with E-state index < -0.39 is 49.2 Å². The molecule has 0 radical (unpaired) electrons. The predicted molar refractivity (Wildman–Crippen MR) is 106 cm³/mol. The standard InChI is InChI=1S/C21H22O11/c22-7-16-17(27)18(28)19(29)21(32-16)31-15-6-10-12(25)4-9(23)5-14(10)30-20(15)8-1-2-11(24)13(26)3-8/h1-6,16-29H,7H2/t16-,17+,18-,19+,20?,21+/m0/s1. The zero-order valence-corrected chi connectivity index (χ0v) is 16.4. The van der Waals surface area contributed by atoms with E-state index in [0.717, 1.165) is 6.07 Å². The topological polar surface area (TPSA) is 190 Å². The van der Waals surface area contributed by atoms with E-state index in [1.54, 1.807) is 0 Å². The monoisotopic (exact) mass is 450 g/mol. The molecule has 172 valence electrons. The highest BCUT2D eigenvalue weighted by Gasteiger charge is 2.46. The second-order valence-corrected chi connectivity index (χ2v) is 7.48. The van der Waals surface area contributed by atoms with E-state index in [-0.39, 0.29) is 34.3 Å². The minimum atomic E-state index is -1.70. The summed E-state index contributed by atoms with van der Waals surface area (Å²) in [5, 5.41) is 79.2. The van der Waals surface area contributed by atoms with Crippen molar-refractivity contribution in [1.29, 1.82) is 0 Å². The number of phenolic OH excluding ortho intramolecular Hbond substituents is 4. The largest absolute Gasteiger partial charge is 0.508 e. The van der Waals surface area contributed by atoms with Gasteiger partial charge in [-0.1, -0.05) is 6.07 Å². The van der Waals surface area contributed by atoms with E-state index in [9.17, 15) is 40.9 Å². The van der Waals surface area contributed by atoms with Crippen LogP contribution in [0.1, 0.15) is 17.2 Å². The summed E-state index contributed by atoms with van der Waals surface area (Å²) in [6, 6.07) is 6.19. The summed E-state index contributed by atoms with van der Waals surface area (Å²) in [7, 11) is 0. The molecule has 11 heteroatoms. The minimum Gasteiger partial charge on any atom is -0.508 e. The Bertz CT molecular complexity index is 1030. The summed E-state index contributed by atoms with van der Waals surface area (Å²) in [5.41, 5.74) is 0.436. The van der Waals surface area contributed by atoms with Crippen LogP contribution in [0.5, 0.6) is 28.7 Å². The van der Waals surface area contributed by atoms with Crippen LogP contribution in [0.2, 0.25) is 0 Å². The number of ether oxygens (including phenoxy) is 3. The summed E-state index contributed by atoms with van der Waals surface area (Å²) >= 11 is 0. The third-order valence-electron chi connectivity index (χ3n) is 5.30. The molecule has 0 aromatic heterocycles. The van der Waals surface area contributed by atoms with Crippen molar-refractivity contribution in [3.05, 3.63) is 47.2 Å². The lowest BCUT2D eigenvalue weighted by Crippen LogP contribution is -2.59. The van der Waals surface area contributed by atoms with Gasteiger partial charge in [-0.2, -0.15) is 0 Å². The maximum absolute atomic E-state index is 10.3. The maximum atomic E-state index is 10.3. The highest BCUT2D eigenvalue weighted by Crippen LogP contribution is 2.45. The van der Waals surface area contributed by atoms with Gasteiger partial charge in [0, 0.05) is 17.7 Å². The minimum absolute atomic E-state index is 0.0343. The van der Waals surface area contributed by atoms with E-state index in [1.807, 2.05) is 0 Å². The molecule has 2 aliphatic rings. The Kier molecular flexibility index (Phi) is 5.75. The first kappa shape index (κ1) is 22.0. The second-order valence-electron chi connectivity index (χ2n) is 7.48. The molecule has 0 bridgehead atoms. The molecular formula is C21H22O11. The van der Waals surface area contributed by atoms with Crippen molar-refractivity contribution in [3.63, 3.8) is 0 Å². The van der Waals surface area contributed by atoms with Gasteiger partial charge in [-0.15, -0.1) is 0 Å². The molecule has 6 atom stereocenters. The van der Waals surface area contributed by atoms with E-state index in [1.165, 1.54) is 30.3 Å². The molecule has 8 N–H and O–H groups in total. The van der Waals surface area contributed by atoms with Gasteiger partial charge in [-0.25, -0.2) is 0 Å². The third-order valence-corrected chi connectivity index (χ3v) is 5.30. The molecule has 0 aliphatic carbocycles. The van der Waals surface area contributed by atoms with Crippen LogP contribution in [0, 0.1) is 0 Å². The third kappa shape index (κ3) is 3.87. The molecule has 2 aliphatic heterocycles. The van der Waals surface area contributed by atoms with Crippen molar-refractivity contribution in [3.8, 4) is 28.7 Å². The maximum Gasteiger partial charge on any atom is 0.228 e. The number of fused-ring (bicyclic) bond motifs is 1. The van der Waals surface area contributed by atoms with Gasteiger partial charge in [0.05, 0.1) is 12.2 Å². The lowest BCUT2D eigenvalue weighted by molar-refractivity contribution is -0.293. The number of rotatable bonds is 4. The molecule has 4 rings (SSSR count). The molecular weight excluding hydrogens is 428 g/mol. The first-order valence-electron chi connectivity index (χ1n) is 9.63. The Hall–Kier alpha value is -3.22. The van der Waals surface area contributed by atoms with Crippen LogP contribution in [-0.4, -0.2) is 78.2 Å². The summed E-state index contributed by atoms with van der Waals surface area (Å²) < 4.78 is 17.0. The van der Waals surface area contributed by atoms with Crippen LogP contribution < -0.4 is 4.74 Å². The van der Waals surface area contributed by atoms with Gasteiger partial charge in [-0.3, -0.25) is 0 Å². The number of aliphatic hydroxyl groups is 4. The number of benzene rings is 2. The van der Waals surface area contributed by atoms with Gasteiger partial charge >= 0.3 is 0 Å². The number of hydrogen-bond acceptors (Lipinski definition) is 11. The Morgan fingerprint density at radius 2 is 1.59 bits per heavy atom. The first-order chi connectivity index (χ1) is 15.2. The van der Waals surface area contributed by atoms with Gasteiger partial charge in [0.25, 0.3) is 0 Å². The quantitative estimate of drug-likeness (QED) is 0.288. The Morgan fingerprint density at radius 3 is 2.28 bits per heavy atom. The molecule has 11 nitrogen and oxygen atoms in total. The average molecular weight is 450 g/mol. The summed E-state index contributed by atoms with van der Waals surface area (Å²) in [5.74, 6) is -1.36. The molecule has 0 amide bonds. The van der Waals surface area contributed by atoms with Crippen molar-refractivity contribution >= 4 is 6.08 Å². The van der Waals surface area contributed by atoms with Crippen LogP contribution in [0.3, 0.4) is 0 Å². The van der Waals surface area contributed by atoms with Gasteiger partial charge in [0.2, 0.25) is 6.29 Å². The van der Waals surface area contributed by atoms with Gasteiger partial charge in [0.15, 0.2) is 17.6 Å². The fraction of sp³-hybridized carbons (Fsp3) is 0.333.